The molecule has 0 radical (unpaired) electrons. The Morgan fingerprint density at radius 1 is 1.48 bits per heavy atom. The van der Waals surface area contributed by atoms with Crippen LogP contribution in [-0.4, -0.2) is 35.1 Å². The Hall–Kier alpha value is -1.66. The largest absolute Gasteiger partial charge is 0.350 e. The lowest BCUT2D eigenvalue weighted by atomic mass is 10.1. The second-order valence-electron chi connectivity index (χ2n) is 5.27. The molecule has 1 fully saturated rings. The molecular weight excluding hydrogens is 284 g/mol. The molecule has 1 amide bonds. The average molecular weight is 304 g/mol. The zero-order valence-electron chi connectivity index (χ0n) is 11.9. The Balaban J connectivity index is 1.58. The molecule has 0 aliphatic carbocycles. The lowest BCUT2D eigenvalue weighted by Crippen LogP contribution is -2.33. The van der Waals surface area contributed by atoms with Crippen LogP contribution in [0.25, 0.3) is 0 Å². The predicted molar refractivity (Wildman–Crippen MR) is 83.7 cm³/mol. The van der Waals surface area contributed by atoms with Gasteiger partial charge in [-0.05, 0) is 38.1 Å². The predicted octanol–water partition coefficient (Wildman–Crippen LogP) is 1.84. The van der Waals surface area contributed by atoms with Crippen LogP contribution in [-0.2, 0) is 6.42 Å². The molecule has 6 heteroatoms. The smallest absolute Gasteiger partial charge is 0.267 e. The molecule has 2 aromatic rings. The van der Waals surface area contributed by atoms with E-state index in [1.165, 1.54) is 0 Å². The summed E-state index contributed by atoms with van der Waals surface area (Å²) in [5.74, 6) is 0.00811. The third-order valence-corrected chi connectivity index (χ3v) is 4.50. The normalized spacial score (nSPS) is 16.0. The van der Waals surface area contributed by atoms with Crippen LogP contribution in [0.1, 0.15) is 35.1 Å². The van der Waals surface area contributed by atoms with Crippen molar-refractivity contribution in [1.29, 1.82) is 0 Å². The number of thiazole rings is 1. The number of hydrogen-bond acceptors (Lipinski definition) is 4. The maximum Gasteiger partial charge on any atom is 0.267 e. The van der Waals surface area contributed by atoms with E-state index in [0.717, 1.165) is 43.7 Å². The fourth-order valence-corrected chi connectivity index (χ4v) is 3.34. The van der Waals surface area contributed by atoms with Crippen molar-refractivity contribution >= 4 is 17.2 Å². The van der Waals surface area contributed by atoms with Crippen molar-refractivity contribution in [2.45, 2.75) is 25.3 Å². The molecule has 0 unspecified atom stereocenters. The SMILES string of the molecule is O=C(NCCc1cscn1)c1cccn1C1CCNCC1. The summed E-state index contributed by atoms with van der Waals surface area (Å²) in [6, 6.07) is 4.29. The molecule has 3 rings (SSSR count). The molecule has 1 aliphatic heterocycles. The number of aromatic nitrogens is 2. The number of nitrogens with zero attached hydrogens (tertiary/aromatic N) is 2. The van der Waals surface area contributed by atoms with Gasteiger partial charge in [-0.3, -0.25) is 4.79 Å². The highest BCUT2D eigenvalue weighted by molar-refractivity contribution is 7.07. The fourth-order valence-electron chi connectivity index (χ4n) is 2.75. The third kappa shape index (κ3) is 3.51. The molecule has 2 N–H and O–H groups in total. The summed E-state index contributed by atoms with van der Waals surface area (Å²) in [4.78, 5) is 16.6. The van der Waals surface area contributed by atoms with E-state index in [-0.39, 0.29) is 5.91 Å². The summed E-state index contributed by atoms with van der Waals surface area (Å²) >= 11 is 1.58. The molecule has 0 atom stereocenters. The van der Waals surface area contributed by atoms with Gasteiger partial charge >= 0.3 is 0 Å². The van der Waals surface area contributed by atoms with Gasteiger partial charge in [0.1, 0.15) is 5.69 Å². The maximum absolute atomic E-state index is 12.3. The van der Waals surface area contributed by atoms with Crippen LogP contribution in [0.4, 0.5) is 0 Å². The van der Waals surface area contributed by atoms with Gasteiger partial charge in [-0.15, -0.1) is 11.3 Å². The lowest BCUT2D eigenvalue weighted by molar-refractivity contribution is 0.0941. The van der Waals surface area contributed by atoms with Crippen LogP contribution in [0.15, 0.2) is 29.2 Å². The standard InChI is InChI=1S/C15H20N4OS/c20-15(17-8-3-12-10-21-11-18-12)14-2-1-9-19(14)13-4-6-16-7-5-13/h1-2,9-11,13,16H,3-8H2,(H,17,20). The summed E-state index contributed by atoms with van der Waals surface area (Å²) < 4.78 is 2.12. The number of hydrogen-bond donors (Lipinski definition) is 2. The van der Waals surface area contributed by atoms with E-state index in [2.05, 4.69) is 20.2 Å². The second-order valence-corrected chi connectivity index (χ2v) is 5.99. The third-order valence-electron chi connectivity index (χ3n) is 3.86. The van der Waals surface area contributed by atoms with Gasteiger partial charge in [0.25, 0.3) is 5.91 Å². The molecule has 1 aliphatic rings. The molecular formula is C15H20N4OS. The molecule has 0 aromatic carbocycles. The van der Waals surface area contributed by atoms with Gasteiger partial charge in [0.15, 0.2) is 0 Å². The first kappa shape index (κ1) is 14.3. The number of amides is 1. The van der Waals surface area contributed by atoms with Crippen LogP contribution in [0.5, 0.6) is 0 Å². The first-order valence-electron chi connectivity index (χ1n) is 7.37. The summed E-state index contributed by atoms with van der Waals surface area (Å²) in [5.41, 5.74) is 3.62. The van der Waals surface area contributed by atoms with Crippen LogP contribution in [0, 0.1) is 0 Å². The van der Waals surface area contributed by atoms with Crippen LogP contribution in [0.2, 0.25) is 0 Å². The number of carbonyl (C=O) groups excluding carboxylic acids is 1. The molecule has 21 heavy (non-hydrogen) atoms. The molecule has 0 saturated carbocycles. The topological polar surface area (TPSA) is 59.0 Å². The summed E-state index contributed by atoms with van der Waals surface area (Å²) in [6.45, 7) is 2.67. The summed E-state index contributed by atoms with van der Waals surface area (Å²) in [5, 5.41) is 8.37. The molecule has 0 bridgehead atoms. The van der Waals surface area contributed by atoms with Gasteiger partial charge in [0, 0.05) is 30.6 Å². The Morgan fingerprint density at radius 3 is 3.10 bits per heavy atom. The maximum atomic E-state index is 12.3. The highest BCUT2D eigenvalue weighted by Crippen LogP contribution is 2.21. The number of piperidine rings is 1. The lowest BCUT2D eigenvalue weighted by Gasteiger charge is -2.25. The van der Waals surface area contributed by atoms with E-state index in [0.29, 0.717) is 12.6 Å². The van der Waals surface area contributed by atoms with Crippen molar-refractivity contribution in [3.8, 4) is 0 Å². The minimum atomic E-state index is 0.00811. The van der Waals surface area contributed by atoms with Crippen molar-refractivity contribution in [2.24, 2.45) is 0 Å². The highest BCUT2D eigenvalue weighted by atomic mass is 32.1. The number of nitrogens with one attached hydrogen (secondary N) is 2. The van der Waals surface area contributed by atoms with Crippen molar-refractivity contribution in [3.63, 3.8) is 0 Å². The fraction of sp³-hybridized carbons (Fsp3) is 0.467. The molecule has 3 heterocycles. The highest BCUT2D eigenvalue weighted by Gasteiger charge is 2.19. The minimum Gasteiger partial charge on any atom is -0.350 e. The molecule has 112 valence electrons. The van der Waals surface area contributed by atoms with Gasteiger partial charge in [0.2, 0.25) is 0 Å². The Kier molecular flexibility index (Phi) is 4.67. The van der Waals surface area contributed by atoms with Crippen LogP contribution >= 0.6 is 11.3 Å². The first-order valence-corrected chi connectivity index (χ1v) is 8.31. The van der Waals surface area contributed by atoms with Crippen LogP contribution in [0.3, 0.4) is 0 Å². The molecule has 5 nitrogen and oxygen atoms in total. The average Bonchev–Trinajstić information content (AvgIpc) is 3.19. The Labute approximate surface area is 128 Å². The zero-order valence-corrected chi connectivity index (χ0v) is 12.7. The van der Waals surface area contributed by atoms with Crippen LogP contribution < -0.4 is 10.6 Å². The van der Waals surface area contributed by atoms with E-state index in [1.807, 2.05) is 29.2 Å². The number of carbonyl (C=O) groups is 1. The van der Waals surface area contributed by atoms with Gasteiger partial charge in [-0.1, -0.05) is 0 Å². The minimum absolute atomic E-state index is 0.00811. The van der Waals surface area contributed by atoms with E-state index in [9.17, 15) is 4.79 Å². The quantitative estimate of drug-likeness (QED) is 0.886. The monoisotopic (exact) mass is 304 g/mol. The van der Waals surface area contributed by atoms with E-state index in [4.69, 9.17) is 0 Å². The van der Waals surface area contributed by atoms with E-state index >= 15 is 0 Å². The van der Waals surface area contributed by atoms with Gasteiger partial charge in [0.05, 0.1) is 11.2 Å². The van der Waals surface area contributed by atoms with Crippen molar-refractivity contribution in [1.82, 2.24) is 20.2 Å². The summed E-state index contributed by atoms with van der Waals surface area (Å²) in [6.07, 6.45) is 4.95. The molecule has 0 spiro atoms. The second kappa shape index (κ2) is 6.87. The molecule has 2 aromatic heterocycles. The number of rotatable bonds is 5. The Morgan fingerprint density at radius 2 is 2.33 bits per heavy atom. The van der Waals surface area contributed by atoms with E-state index in [1.54, 1.807) is 11.3 Å². The zero-order chi connectivity index (χ0) is 14.5. The van der Waals surface area contributed by atoms with Gasteiger partial charge in [-0.2, -0.15) is 0 Å². The van der Waals surface area contributed by atoms with Crippen molar-refractivity contribution in [2.75, 3.05) is 19.6 Å². The van der Waals surface area contributed by atoms with Crippen molar-refractivity contribution in [3.05, 3.63) is 40.6 Å². The Bertz CT molecular complexity index is 572. The van der Waals surface area contributed by atoms with Gasteiger partial charge < -0.3 is 15.2 Å². The first-order chi connectivity index (χ1) is 10.3. The van der Waals surface area contributed by atoms with E-state index < -0.39 is 0 Å². The van der Waals surface area contributed by atoms with Gasteiger partial charge in [-0.25, -0.2) is 4.98 Å². The summed E-state index contributed by atoms with van der Waals surface area (Å²) in [7, 11) is 0. The molecule has 1 saturated heterocycles. The van der Waals surface area contributed by atoms with Crippen molar-refractivity contribution < 1.29 is 4.79 Å².